The van der Waals surface area contributed by atoms with E-state index in [4.69, 9.17) is 14.2 Å². The molecule has 0 saturated carbocycles. The number of nitrogens with one attached hydrogen (secondary N) is 2. The minimum absolute atomic E-state index is 0.0992. The third kappa shape index (κ3) is 4.93. The van der Waals surface area contributed by atoms with Gasteiger partial charge in [0.25, 0.3) is 0 Å². The Hall–Kier alpha value is -3.75. The van der Waals surface area contributed by atoms with Crippen LogP contribution in [0.5, 0.6) is 17.2 Å². The number of hydrogen-bond acceptors (Lipinski definition) is 6. The van der Waals surface area contributed by atoms with Gasteiger partial charge in [-0.05, 0) is 19.1 Å². The normalized spacial score (nSPS) is 16.3. The fraction of sp³-hybridized carbons (Fsp3) is 0.348. The summed E-state index contributed by atoms with van der Waals surface area (Å²) in [6.07, 6.45) is 0.0992. The smallest absolute Gasteiger partial charge is 0.246 e. The summed E-state index contributed by atoms with van der Waals surface area (Å²) in [6.45, 7) is 1.85. The molecule has 0 bridgehead atoms. The molecule has 2 N–H and O–H groups in total. The van der Waals surface area contributed by atoms with Crippen molar-refractivity contribution in [2.75, 3.05) is 38.1 Å². The summed E-state index contributed by atoms with van der Waals surface area (Å²) in [6, 6.07) is 11.6. The lowest BCUT2D eigenvalue weighted by atomic mass is 10.1. The minimum Gasteiger partial charge on any atom is -0.493 e. The van der Waals surface area contributed by atoms with E-state index >= 15 is 0 Å². The number of hydrogen-bond donors (Lipinski definition) is 2. The predicted molar refractivity (Wildman–Crippen MR) is 119 cm³/mol. The van der Waals surface area contributed by atoms with Crippen LogP contribution in [0.2, 0.25) is 0 Å². The SMILES string of the molecule is COc1cc(NC(=O)[C@H](C)NC(=O)[C@@H]2CC(=O)N(c3ccccc3)C2)cc(OC)c1OC. The van der Waals surface area contributed by atoms with Gasteiger partial charge in [-0.25, -0.2) is 0 Å². The topological polar surface area (TPSA) is 106 Å². The summed E-state index contributed by atoms with van der Waals surface area (Å²) in [5, 5.41) is 5.43. The average Bonchev–Trinajstić information content (AvgIpc) is 3.20. The molecule has 32 heavy (non-hydrogen) atoms. The van der Waals surface area contributed by atoms with E-state index in [0.717, 1.165) is 5.69 Å². The van der Waals surface area contributed by atoms with E-state index in [1.165, 1.54) is 21.3 Å². The molecule has 0 aliphatic carbocycles. The summed E-state index contributed by atoms with van der Waals surface area (Å²) in [5.41, 5.74) is 1.18. The maximum absolute atomic E-state index is 12.7. The highest BCUT2D eigenvalue weighted by Crippen LogP contribution is 2.40. The molecule has 3 rings (SSSR count). The van der Waals surface area contributed by atoms with E-state index in [2.05, 4.69) is 10.6 Å². The molecule has 0 unspecified atom stereocenters. The quantitative estimate of drug-likeness (QED) is 0.651. The number of amides is 3. The molecule has 170 valence electrons. The van der Waals surface area contributed by atoms with Crippen molar-refractivity contribution in [3.8, 4) is 17.2 Å². The second kappa shape index (κ2) is 10.0. The van der Waals surface area contributed by atoms with Gasteiger partial charge in [0.1, 0.15) is 6.04 Å². The second-order valence-electron chi connectivity index (χ2n) is 7.37. The van der Waals surface area contributed by atoms with E-state index in [1.54, 1.807) is 24.0 Å². The van der Waals surface area contributed by atoms with Crippen LogP contribution < -0.4 is 29.7 Å². The zero-order chi connectivity index (χ0) is 23.3. The number of rotatable bonds is 8. The van der Waals surface area contributed by atoms with Gasteiger partial charge in [-0.1, -0.05) is 18.2 Å². The minimum atomic E-state index is -0.817. The predicted octanol–water partition coefficient (Wildman–Crippen LogP) is 2.21. The molecule has 1 heterocycles. The van der Waals surface area contributed by atoms with Crippen LogP contribution in [0.4, 0.5) is 11.4 Å². The third-order valence-corrected chi connectivity index (χ3v) is 5.25. The van der Waals surface area contributed by atoms with Gasteiger partial charge in [-0.3, -0.25) is 14.4 Å². The van der Waals surface area contributed by atoms with Crippen LogP contribution in [0.15, 0.2) is 42.5 Å². The van der Waals surface area contributed by atoms with E-state index in [1.807, 2.05) is 30.3 Å². The number of nitrogens with zero attached hydrogens (tertiary/aromatic N) is 1. The van der Waals surface area contributed by atoms with Gasteiger partial charge in [0, 0.05) is 36.5 Å². The molecule has 0 spiro atoms. The first kappa shape index (κ1) is 22.9. The Morgan fingerprint density at radius 3 is 2.22 bits per heavy atom. The lowest BCUT2D eigenvalue weighted by Crippen LogP contribution is -2.44. The molecule has 2 aromatic carbocycles. The van der Waals surface area contributed by atoms with E-state index < -0.39 is 17.9 Å². The van der Waals surface area contributed by atoms with Crippen molar-refractivity contribution in [1.29, 1.82) is 0 Å². The zero-order valence-corrected chi connectivity index (χ0v) is 18.5. The first-order valence-electron chi connectivity index (χ1n) is 10.1. The monoisotopic (exact) mass is 441 g/mol. The van der Waals surface area contributed by atoms with Crippen LogP contribution in [0.1, 0.15) is 13.3 Å². The van der Waals surface area contributed by atoms with Crippen molar-refractivity contribution in [3.05, 3.63) is 42.5 Å². The van der Waals surface area contributed by atoms with E-state index in [-0.39, 0.29) is 24.8 Å². The summed E-state index contributed by atoms with van der Waals surface area (Å²) in [5.74, 6) is -0.219. The van der Waals surface area contributed by atoms with Crippen LogP contribution in [0.3, 0.4) is 0 Å². The maximum Gasteiger partial charge on any atom is 0.246 e. The molecule has 0 aromatic heterocycles. The fourth-order valence-corrected chi connectivity index (χ4v) is 3.54. The van der Waals surface area contributed by atoms with E-state index in [9.17, 15) is 14.4 Å². The molecule has 2 aromatic rings. The van der Waals surface area contributed by atoms with Gasteiger partial charge >= 0.3 is 0 Å². The molecular weight excluding hydrogens is 414 g/mol. The summed E-state index contributed by atoms with van der Waals surface area (Å²) in [7, 11) is 4.45. The van der Waals surface area contributed by atoms with Gasteiger partial charge in [-0.2, -0.15) is 0 Å². The highest BCUT2D eigenvalue weighted by Gasteiger charge is 2.36. The lowest BCUT2D eigenvalue weighted by Gasteiger charge is -2.19. The van der Waals surface area contributed by atoms with Crippen LogP contribution in [-0.2, 0) is 14.4 Å². The Bertz CT molecular complexity index is 969. The van der Waals surface area contributed by atoms with Gasteiger partial charge < -0.3 is 29.7 Å². The molecule has 9 heteroatoms. The first-order chi connectivity index (χ1) is 15.4. The van der Waals surface area contributed by atoms with Crippen LogP contribution in [-0.4, -0.2) is 51.6 Å². The summed E-state index contributed by atoms with van der Waals surface area (Å²) >= 11 is 0. The lowest BCUT2D eigenvalue weighted by molar-refractivity contribution is -0.129. The van der Waals surface area contributed by atoms with Crippen LogP contribution in [0, 0.1) is 5.92 Å². The Kier molecular flexibility index (Phi) is 7.19. The Labute approximate surface area is 186 Å². The fourth-order valence-electron chi connectivity index (χ4n) is 3.54. The van der Waals surface area contributed by atoms with Crippen LogP contribution >= 0.6 is 0 Å². The number of anilines is 2. The van der Waals surface area contributed by atoms with Crippen molar-refractivity contribution in [2.45, 2.75) is 19.4 Å². The number of carbonyl (C=O) groups is 3. The Morgan fingerprint density at radius 1 is 1.03 bits per heavy atom. The maximum atomic E-state index is 12.7. The largest absolute Gasteiger partial charge is 0.493 e. The number of ether oxygens (including phenoxy) is 3. The number of methoxy groups -OCH3 is 3. The van der Waals surface area contributed by atoms with E-state index in [0.29, 0.717) is 22.9 Å². The van der Waals surface area contributed by atoms with Crippen molar-refractivity contribution < 1.29 is 28.6 Å². The van der Waals surface area contributed by atoms with Crippen molar-refractivity contribution >= 4 is 29.1 Å². The highest BCUT2D eigenvalue weighted by molar-refractivity contribution is 6.02. The zero-order valence-electron chi connectivity index (χ0n) is 18.5. The molecular formula is C23H27N3O6. The highest BCUT2D eigenvalue weighted by atomic mass is 16.5. The van der Waals surface area contributed by atoms with Gasteiger partial charge in [0.2, 0.25) is 23.5 Å². The molecule has 1 fully saturated rings. The van der Waals surface area contributed by atoms with Gasteiger partial charge in [0.15, 0.2) is 11.5 Å². The molecule has 3 amide bonds. The molecule has 9 nitrogen and oxygen atoms in total. The molecule has 1 aliphatic rings. The summed E-state index contributed by atoms with van der Waals surface area (Å²) in [4.78, 5) is 39.3. The third-order valence-electron chi connectivity index (χ3n) is 5.25. The van der Waals surface area contributed by atoms with Crippen molar-refractivity contribution in [2.24, 2.45) is 5.92 Å². The molecule has 0 radical (unpaired) electrons. The standard InChI is InChI=1S/C23H27N3O6/c1-14(22(28)25-16-11-18(30-2)21(32-4)19(12-16)31-3)24-23(29)15-10-20(27)26(13-15)17-8-6-5-7-9-17/h5-9,11-12,14-15H,10,13H2,1-4H3,(H,24,29)(H,25,28)/t14-,15+/m0/s1. The number of carbonyl (C=O) groups excluding carboxylic acids is 3. The second-order valence-corrected chi connectivity index (χ2v) is 7.37. The Morgan fingerprint density at radius 2 is 1.66 bits per heavy atom. The van der Waals surface area contributed by atoms with Crippen molar-refractivity contribution in [1.82, 2.24) is 5.32 Å². The summed E-state index contributed by atoms with van der Waals surface area (Å²) < 4.78 is 15.8. The first-order valence-corrected chi connectivity index (χ1v) is 10.1. The van der Waals surface area contributed by atoms with Gasteiger partial charge in [-0.15, -0.1) is 0 Å². The Balaban J connectivity index is 1.62. The van der Waals surface area contributed by atoms with Gasteiger partial charge in [0.05, 0.1) is 27.2 Å². The molecule has 2 atom stereocenters. The molecule has 1 saturated heterocycles. The van der Waals surface area contributed by atoms with Crippen LogP contribution in [0.25, 0.3) is 0 Å². The van der Waals surface area contributed by atoms with Crippen molar-refractivity contribution in [3.63, 3.8) is 0 Å². The molecule has 1 aliphatic heterocycles. The number of para-hydroxylation sites is 1. The number of benzene rings is 2. The average molecular weight is 441 g/mol.